The van der Waals surface area contributed by atoms with Gasteiger partial charge in [-0.2, -0.15) is 0 Å². The fraction of sp³-hybridized carbons (Fsp3) is 0.440. The Morgan fingerprint density at radius 3 is 2.62 bits per heavy atom. The molecule has 0 spiro atoms. The quantitative estimate of drug-likeness (QED) is 0.446. The maximum absolute atomic E-state index is 14.4. The van der Waals surface area contributed by atoms with Crippen molar-refractivity contribution in [2.24, 2.45) is 0 Å². The van der Waals surface area contributed by atoms with Gasteiger partial charge in [0.05, 0.1) is 0 Å². The number of carbonyl (C=O) groups is 2. The lowest BCUT2D eigenvalue weighted by Gasteiger charge is -2.42. The van der Waals surface area contributed by atoms with Gasteiger partial charge in [-0.15, -0.1) is 0 Å². The van der Waals surface area contributed by atoms with E-state index in [4.69, 9.17) is 16.3 Å². The molecule has 2 aromatic carbocycles. The molecule has 2 aliphatic rings. The van der Waals surface area contributed by atoms with Gasteiger partial charge >= 0.3 is 0 Å². The molecule has 0 radical (unpaired) electrons. The minimum atomic E-state index is -2.87. The van der Waals surface area contributed by atoms with Crippen molar-refractivity contribution in [3.05, 3.63) is 64.9 Å². The third-order valence-corrected chi connectivity index (χ3v) is 6.88. The molecule has 1 saturated carbocycles. The second-order valence-electron chi connectivity index (χ2n) is 9.10. The zero-order chi connectivity index (χ0) is 26.7. The van der Waals surface area contributed by atoms with Crippen LogP contribution in [-0.2, 0) is 14.3 Å². The molecule has 200 valence electrons. The van der Waals surface area contributed by atoms with Crippen LogP contribution in [-0.4, -0.2) is 73.0 Å². The van der Waals surface area contributed by atoms with E-state index in [0.29, 0.717) is 6.54 Å². The number of ether oxygens (including phenoxy) is 1. The molecule has 1 saturated heterocycles. The molecule has 1 heterocycles. The average Bonchev–Trinajstić information content (AvgIpc) is 2.85. The Labute approximate surface area is 217 Å². The van der Waals surface area contributed by atoms with Crippen molar-refractivity contribution in [3.8, 4) is 0 Å². The van der Waals surface area contributed by atoms with Gasteiger partial charge in [-0.25, -0.2) is 18.1 Å². The van der Waals surface area contributed by atoms with Crippen molar-refractivity contribution in [1.29, 1.82) is 0 Å². The topological polar surface area (TPSA) is 94.1 Å². The molecule has 3 N–H and O–H groups in total. The molecule has 12 heteroatoms. The lowest BCUT2D eigenvalue weighted by Crippen LogP contribution is -2.63. The van der Waals surface area contributed by atoms with Crippen molar-refractivity contribution in [1.82, 2.24) is 15.5 Å². The highest BCUT2D eigenvalue weighted by Gasteiger charge is 2.48. The fourth-order valence-corrected chi connectivity index (χ4v) is 4.92. The van der Waals surface area contributed by atoms with E-state index in [-0.39, 0.29) is 29.4 Å². The molecule has 2 aromatic rings. The number of rotatable bonds is 8. The Bertz CT molecular complexity index is 1130. The lowest BCUT2D eigenvalue weighted by atomic mass is 9.87. The molecule has 8 nitrogen and oxygen atoms in total. The van der Waals surface area contributed by atoms with E-state index in [1.54, 1.807) is 18.2 Å². The Morgan fingerprint density at radius 1 is 1.24 bits per heavy atom. The molecule has 2 fully saturated rings. The van der Waals surface area contributed by atoms with Gasteiger partial charge in [0.2, 0.25) is 18.2 Å². The van der Waals surface area contributed by atoms with Crippen LogP contribution in [0, 0.1) is 5.82 Å². The summed E-state index contributed by atoms with van der Waals surface area (Å²) < 4.78 is 46.4. The van der Waals surface area contributed by atoms with Gasteiger partial charge in [0.25, 0.3) is 5.92 Å². The van der Waals surface area contributed by atoms with Gasteiger partial charge in [-0.3, -0.25) is 14.5 Å². The molecule has 0 bridgehead atoms. The van der Waals surface area contributed by atoms with Gasteiger partial charge in [-0.05, 0) is 24.3 Å². The predicted octanol–water partition coefficient (Wildman–Crippen LogP) is 2.66. The second-order valence-corrected chi connectivity index (χ2v) is 9.51. The van der Waals surface area contributed by atoms with Gasteiger partial charge in [-0.1, -0.05) is 35.9 Å². The summed E-state index contributed by atoms with van der Waals surface area (Å²) in [5.74, 6) is -4.91. The predicted molar refractivity (Wildman–Crippen MR) is 131 cm³/mol. The molecule has 4 rings (SSSR count). The van der Waals surface area contributed by atoms with E-state index in [1.165, 1.54) is 36.3 Å². The summed E-state index contributed by atoms with van der Waals surface area (Å²) in [6, 6.07) is 8.27. The number of anilines is 1. The standard InChI is InChI=1S/C25H28ClF3N4O4/c1-37-24(36)32-10-9-30-14-20(32)23(35)33(17-6-4-5-15(27)11-17)21(18-7-2-3-8-19(18)26)22(34)31-16-12-25(28,29)13-16/h2-8,11,16,20-21,24,30,36H,9-10,12-14H2,1H3,(H,31,34)/t20-,21-,24?/m0/s1. The smallest absolute Gasteiger partial charge is 0.252 e. The highest BCUT2D eigenvalue weighted by atomic mass is 35.5. The molecule has 2 amide bonds. The van der Waals surface area contributed by atoms with Crippen molar-refractivity contribution >= 4 is 29.1 Å². The van der Waals surface area contributed by atoms with Gasteiger partial charge in [0.1, 0.15) is 17.9 Å². The number of methoxy groups -OCH3 is 1. The van der Waals surface area contributed by atoms with Crippen LogP contribution in [0.1, 0.15) is 24.4 Å². The number of halogens is 4. The third kappa shape index (κ3) is 6.07. The van der Waals surface area contributed by atoms with Crippen LogP contribution in [0.2, 0.25) is 5.02 Å². The van der Waals surface area contributed by atoms with Crippen LogP contribution in [0.15, 0.2) is 48.5 Å². The van der Waals surface area contributed by atoms with Crippen molar-refractivity contribution < 1.29 is 32.6 Å². The monoisotopic (exact) mass is 540 g/mol. The number of benzene rings is 2. The average molecular weight is 541 g/mol. The minimum absolute atomic E-state index is 0.0569. The van der Waals surface area contributed by atoms with Gasteiger partial charge in [0, 0.05) is 61.9 Å². The van der Waals surface area contributed by atoms with E-state index in [9.17, 15) is 27.9 Å². The Morgan fingerprint density at radius 2 is 1.97 bits per heavy atom. The number of hydrogen-bond acceptors (Lipinski definition) is 6. The summed E-state index contributed by atoms with van der Waals surface area (Å²) in [5.41, 5.74) is 0.286. The molecular formula is C25H28ClF3N4O4. The van der Waals surface area contributed by atoms with Crippen LogP contribution in [0.3, 0.4) is 0 Å². The van der Waals surface area contributed by atoms with Crippen molar-refractivity contribution in [2.45, 2.75) is 43.3 Å². The summed E-state index contributed by atoms with van der Waals surface area (Å²) in [7, 11) is 1.28. The number of piperazine rings is 1. The Hall–Kier alpha value is -2.70. The number of aliphatic hydroxyl groups excluding tert-OH is 1. The lowest BCUT2D eigenvalue weighted by molar-refractivity contribution is -0.195. The number of carbonyl (C=O) groups excluding carboxylic acids is 2. The van der Waals surface area contributed by atoms with E-state index in [0.717, 1.165) is 11.0 Å². The number of amides is 2. The summed E-state index contributed by atoms with van der Waals surface area (Å²) in [6.45, 7) is 0.827. The van der Waals surface area contributed by atoms with Crippen LogP contribution in [0.5, 0.6) is 0 Å². The van der Waals surface area contributed by atoms with Crippen LogP contribution in [0.4, 0.5) is 18.9 Å². The molecule has 37 heavy (non-hydrogen) atoms. The normalized spacial score (nSPS) is 21.5. The van der Waals surface area contributed by atoms with Crippen molar-refractivity contribution in [2.75, 3.05) is 31.6 Å². The zero-order valence-electron chi connectivity index (χ0n) is 20.0. The Kier molecular flexibility index (Phi) is 8.39. The molecule has 0 aromatic heterocycles. The highest BCUT2D eigenvalue weighted by molar-refractivity contribution is 6.31. The minimum Gasteiger partial charge on any atom is -0.356 e. The third-order valence-electron chi connectivity index (χ3n) is 6.53. The van der Waals surface area contributed by atoms with Crippen LogP contribution in [0.25, 0.3) is 0 Å². The zero-order valence-corrected chi connectivity index (χ0v) is 20.8. The van der Waals surface area contributed by atoms with E-state index < -0.39 is 60.9 Å². The second kappa shape index (κ2) is 11.4. The number of nitrogens with zero attached hydrogens (tertiary/aromatic N) is 2. The summed E-state index contributed by atoms with van der Waals surface area (Å²) in [4.78, 5) is 30.3. The summed E-state index contributed by atoms with van der Waals surface area (Å²) in [5, 5.41) is 16.2. The van der Waals surface area contributed by atoms with E-state index in [2.05, 4.69) is 10.6 Å². The molecule has 3 atom stereocenters. The highest BCUT2D eigenvalue weighted by Crippen LogP contribution is 2.39. The maximum atomic E-state index is 14.4. The SMILES string of the molecule is COC(O)N1CCNC[C@H]1C(=O)N(c1cccc(F)c1)[C@H](C(=O)NC1CC(F)(F)C1)c1ccccc1Cl. The first-order valence-corrected chi connectivity index (χ1v) is 12.2. The van der Waals surface area contributed by atoms with Crippen molar-refractivity contribution in [3.63, 3.8) is 0 Å². The Balaban J connectivity index is 1.79. The molecule has 1 aliphatic carbocycles. The first-order valence-electron chi connectivity index (χ1n) is 11.8. The van der Waals surface area contributed by atoms with E-state index in [1.807, 2.05) is 0 Å². The van der Waals surface area contributed by atoms with E-state index >= 15 is 0 Å². The number of aliphatic hydroxyl groups is 1. The molecule has 1 unspecified atom stereocenters. The molecule has 1 aliphatic heterocycles. The van der Waals surface area contributed by atoms with Gasteiger partial charge in [0.15, 0.2) is 0 Å². The number of alkyl halides is 2. The fourth-order valence-electron chi connectivity index (χ4n) is 4.68. The molecular weight excluding hydrogens is 513 g/mol. The first-order chi connectivity index (χ1) is 17.6. The largest absolute Gasteiger partial charge is 0.356 e. The summed E-state index contributed by atoms with van der Waals surface area (Å²) in [6.07, 6.45) is -2.46. The van der Waals surface area contributed by atoms with Crippen LogP contribution >= 0.6 is 11.6 Å². The first kappa shape index (κ1) is 27.3. The van der Waals surface area contributed by atoms with Crippen LogP contribution < -0.4 is 15.5 Å². The van der Waals surface area contributed by atoms with Gasteiger partial charge < -0.3 is 20.5 Å². The number of hydrogen-bond donors (Lipinski definition) is 3. The summed E-state index contributed by atoms with van der Waals surface area (Å²) >= 11 is 6.45. The number of nitrogens with one attached hydrogen (secondary N) is 2. The maximum Gasteiger partial charge on any atom is 0.252 e.